The van der Waals surface area contributed by atoms with E-state index in [0.29, 0.717) is 16.5 Å². The number of benzene rings is 1. The van der Waals surface area contributed by atoms with E-state index < -0.39 is 5.97 Å². The molecule has 0 aliphatic heterocycles. The molecule has 0 atom stereocenters. The molecule has 1 aromatic heterocycles. The number of carboxylic acid groups (broad SMARTS) is 1. The molecule has 0 aliphatic rings. The van der Waals surface area contributed by atoms with Crippen molar-refractivity contribution in [1.29, 1.82) is 0 Å². The lowest BCUT2D eigenvalue weighted by Crippen LogP contribution is -2.00. The number of aromatic nitrogens is 1. The maximum absolute atomic E-state index is 10.8. The maximum atomic E-state index is 10.8. The van der Waals surface area contributed by atoms with Gasteiger partial charge in [0, 0.05) is 0 Å². The number of methoxy groups -OCH3 is 1. The SMILES string of the molecule is COc1cccc2cc(C(=O)O)nc(Cl)c12. The molecule has 0 fully saturated rings. The highest BCUT2D eigenvalue weighted by molar-refractivity contribution is 6.35. The second kappa shape index (κ2) is 3.98. The molecule has 1 heterocycles. The molecular formula is C11H8ClNO3. The quantitative estimate of drug-likeness (QED) is 0.816. The van der Waals surface area contributed by atoms with Crippen LogP contribution in [0.15, 0.2) is 24.3 Å². The summed E-state index contributed by atoms with van der Waals surface area (Å²) in [6.45, 7) is 0. The third kappa shape index (κ3) is 1.67. The summed E-state index contributed by atoms with van der Waals surface area (Å²) in [6, 6.07) is 6.74. The summed E-state index contributed by atoms with van der Waals surface area (Å²) < 4.78 is 5.14. The standard InChI is InChI=1S/C11H8ClNO3/c1-16-8-4-2-3-6-5-7(11(14)15)13-10(12)9(6)8/h2-5H,1H3,(H,14,15). The predicted molar refractivity (Wildman–Crippen MR) is 60.3 cm³/mol. The van der Waals surface area contributed by atoms with Crippen LogP contribution >= 0.6 is 11.6 Å². The smallest absolute Gasteiger partial charge is 0.354 e. The van der Waals surface area contributed by atoms with E-state index in [9.17, 15) is 4.79 Å². The molecule has 1 N–H and O–H groups in total. The van der Waals surface area contributed by atoms with E-state index in [2.05, 4.69) is 4.98 Å². The molecule has 0 aliphatic carbocycles. The van der Waals surface area contributed by atoms with E-state index in [1.165, 1.54) is 13.2 Å². The topological polar surface area (TPSA) is 59.4 Å². The van der Waals surface area contributed by atoms with Crippen LogP contribution in [0.2, 0.25) is 5.15 Å². The molecule has 2 aromatic rings. The lowest BCUT2D eigenvalue weighted by molar-refractivity contribution is 0.0690. The van der Waals surface area contributed by atoms with Crippen LogP contribution in [0.4, 0.5) is 0 Å². The number of aromatic carboxylic acids is 1. The van der Waals surface area contributed by atoms with Crippen molar-refractivity contribution in [2.75, 3.05) is 7.11 Å². The first-order valence-electron chi connectivity index (χ1n) is 4.50. The Balaban J connectivity index is 2.80. The zero-order chi connectivity index (χ0) is 11.7. The van der Waals surface area contributed by atoms with E-state index in [1.54, 1.807) is 18.2 Å². The van der Waals surface area contributed by atoms with Crippen LogP contribution in [-0.4, -0.2) is 23.2 Å². The molecule has 0 spiro atoms. The van der Waals surface area contributed by atoms with Gasteiger partial charge in [0.05, 0.1) is 12.5 Å². The van der Waals surface area contributed by atoms with Crippen LogP contribution in [0, 0.1) is 0 Å². The number of hydrogen-bond donors (Lipinski definition) is 1. The van der Waals surface area contributed by atoms with E-state index in [1.807, 2.05) is 0 Å². The molecule has 16 heavy (non-hydrogen) atoms. The van der Waals surface area contributed by atoms with Crippen molar-refractivity contribution in [2.45, 2.75) is 0 Å². The molecule has 0 saturated heterocycles. The number of ether oxygens (including phenoxy) is 1. The van der Waals surface area contributed by atoms with Crippen LogP contribution in [0.1, 0.15) is 10.5 Å². The number of carbonyl (C=O) groups is 1. The zero-order valence-corrected chi connectivity index (χ0v) is 9.15. The Hall–Kier alpha value is -1.81. The fourth-order valence-electron chi connectivity index (χ4n) is 1.51. The minimum Gasteiger partial charge on any atom is -0.496 e. The van der Waals surface area contributed by atoms with Crippen LogP contribution in [0.25, 0.3) is 10.8 Å². The van der Waals surface area contributed by atoms with E-state index in [4.69, 9.17) is 21.4 Å². The van der Waals surface area contributed by atoms with Crippen molar-refractivity contribution in [3.8, 4) is 5.75 Å². The van der Waals surface area contributed by atoms with E-state index in [0.717, 1.165) is 0 Å². The summed E-state index contributed by atoms with van der Waals surface area (Å²) >= 11 is 5.94. The van der Waals surface area contributed by atoms with Gasteiger partial charge in [-0.25, -0.2) is 9.78 Å². The normalized spacial score (nSPS) is 10.4. The van der Waals surface area contributed by atoms with Crippen LogP contribution in [0.5, 0.6) is 5.75 Å². The first-order chi connectivity index (χ1) is 7.63. The molecule has 0 saturated carbocycles. The number of carboxylic acids is 1. The van der Waals surface area contributed by atoms with Crippen molar-refractivity contribution < 1.29 is 14.6 Å². The Morgan fingerprint density at radius 3 is 2.88 bits per heavy atom. The summed E-state index contributed by atoms with van der Waals surface area (Å²) in [5.41, 5.74) is -0.0780. The largest absolute Gasteiger partial charge is 0.496 e. The average Bonchev–Trinajstić information content (AvgIpc) is 2.27. The third-order valence-electron chi connectivity index (χ3n) is 2.21. The van der Waals surface area contributed by atoms with Gasteiger partial charge in [-0.3, -0.25) is 0 Å². The van der Waals surface area contributed by atoms with Gasteiger partial charge >= 0.3 is 5.97 Å². The number of rotatable bonds is 2. The lowest BCUT2D eigenvalue weighted by atomic mass is 10.1. The minimum atomic E-state index is -1.10. The van der Waals surface area contributed by atoms with Crippen LogP contribution < -0.4 is 4.74 Å². The zero-order valence-electron chi connectivity index (χ0n) is 8.40. The van der Waals surface area contributed by atoms with Gasteiger partial charge in [0.1, 0.15) is 10.9 Å². The van der Waals surface area contributed by atoms with Crippen molar-refractivity contribution in [3.05, 3.63) is 35.1 Å². The van der Waals surface area contributed by atoms with Crippen LogP contribution in [0.3, 0.4) is 0 Å². The Labute approximate surface area is 96.4 Å². The van der Waals surface area contributed by atoms with Crippen molar-refractivity contribution >= 4 is 28.3 Å². The van der Waals surface area contributed by atoms with Crippen molar-refractivity contribution in [2.24, 2.45) is 0 Å². The van der Waals surface area contributed by atoms with Gasteiger partial charge in [-0.15, -0.1) is 0 Å². The molecule has 0 bridgehead atoms. The van der Waals surface area contributed by atoms with Gasteiger partial charge in [-0.05, 0) is 17.5 Å². The fraction of sp³-hybridized carbons (Fsp3) is 0.0909. The summed E-state index contributed by atoms with van der Waals surface area (Å²) in [5, 5.41) is 10.3. The van der Waals surface area contributed by atoms with Gasteiger partial charge in [0.25, 0.3) is 0 Å². The van der Waals surface area contributed by atoms with Gasteiger partial charge in [0.2, 0.25) is 0 Å². The van der Waals surface area contributed by atoms with Gasteiger partial charge < -0.3 is 9.84 Å². The fourth-order valence-corrected chi connectivity index (χ4v) is 1.80. The molecule has 0 unspecified atom stereocenters. The van der Waals surface area contributed by atoms with Gasteiger partial charge in [0.15, 0.2) is 5.69 Å². The van der Waals surface area contributed by atoms with Crippen LogP contribution in [-0.2, 0) is 0 Å². The Bertz CT molecular complexity index is 568. The monoisotopic (exact) mass is 237 g/mol. The Morgan fingerprint density at radius 1 is 1.50 bits per heavy atom. The lowest BCUT2D eigenvalue weighted by Gasteiger charge is -2.07. The molecule has 5 heteroatoms. The number of pyridine rings is 1. The summed E-state index contributed by atoms with van der Waals surface area (Å²) in [4.78, 5) is 14.6. The van der Waals surface area contributed by atoms with E-state index >= 15 is 0 Å². The predicted octanol–water partition coefficient (Wildman–Crippen LogP) is 2.60. The third-order valence-corrected chi connectivity index (χ3v) is 2.49. The first kappa shape index (κ1) is 10.7. The highest BCUT2D eigenvalue weighted by atomic mass is 35.5. The summed E-state index contributed by atoms with van der Waals surface area (Å²) in [7, 11) is 1.52. The molecule has 4 nitrogen and oxygen atoms in total. The molecule has 1 aromatic carbocycles. The van der Waals surface area contributed by atoms with E-state index in [-0.39, 0.29) is 10.8 Å². The minimum absolute atomic E-state index is 0.0780. The molecule has 2 rings (SSSR count). The van der Waals surface area contributed by atoms with Gasteiger partial charge in [-0.2, -0.15) is 0 Å². The Morgan fingerprint density at radius 2 is 2.25 bits per heavy atom. The summed E-state index contributed by atoms with van der Waals surface area (Å²) in [5.74, 6) is -0.529. The highest BCUT2D eigenvalue weighted by Crippen LogP contribution is 2.31. The molecule has 0 amide bonds. The first-order valence-corrected chi connectivity index (χ1v) is 4.88. The maximum Gasteiger partial charge on any atom is 0.354 e. The Kier molecular flexibility index (Phi) is 2.66. The van der Waals surface area contributed by atoms with Crippen molar-refractivity contribution in [1.82, 2.24) is 4.98 Å². The number of fused-ring (bicyclic) bond motifs is 1. The number of nitrogens with zero attached hydrogens (tertiary/aromatic N) is 1. The second-order valence-corrected chi connectivity index (χ2v) is 3.52. The highest BCUT2D eigenvalue weighted by Gasteiger charge is 2.12. The average molecular weight is 238 g/mol. The second-order valence-electron chi connectivity index (χ2n) is 3.16. The number of halogens is 1. The molecule has 82 valence electrons. The summed E-state index contributed by atoms with van der Waals surface area (Å²) in [6.07, 6.45) is 0. The van der Waals surface area contributed by atoms with Gasteiger partial charge in [-0.1, -0.05) is 23.7 Å². The number of hydrogen-bond acceptors (Lipinski definition) is 3. The molecular weight excluding hydrogens is 230 g/mol. The van der Waals surface area contributed by atoms with Crippen molar-refractivity contribution in [3.63, 3.8) is 0 Å². The molecule has 0 radical (unpaired) electrons.